The fourth-order valence-corrected chi connectivity index (χ4v) is 3.60. The summed E-state index contributed by atoms with van der Waals surface area (Å²) in [5, 5.41) is 0. The summed E-state index contributed by atoms with van der Waals surface area (Å²) in [5.74, 6) is 0. The van der Waals surface area contributed by atoms with Crippen molar-refractivity contribution in [2.45, 2.75) is 25.9 Å². The third-order valence-electron chi connectivity index (χ3n) is 4.09. The van der Waals surface area contributed by atoms with Gasteiger partial charge in [0, 0.05) is 38.7 Å². The molecule has 152 valence electrons. The van der Waals surface area contributed by atoms with E-state index < -0.39 is 0 Å². The molecule has 0 saturated carbocycles. The molecule has 0 fully saturated rings. The topological polar surface area (TPSA) is 43.2 Å². The second-order valence-corrected chi connectivity index (χ2v) is 9.74. The molecule has 0 aromatic heterocycles. The van der Waals surface area contributed by atoms with Crippen molar-refractivity contribution in [3.05, 3.63) is 71.8 Å². The molecule has 0 atom stereocenters. The molecule has 0 radical (unpaired) electrons. The normalized spacial score (nSPS) is 12.6. The Labute approximate surface area is 175 Å². The maximum absolute atomic E-state index is 5.10. The molecule has 0 spiro atoms. The van der Waals surface area contributed by atoms with Gasteiger partial charge in [0.25, 0.3) is 0 Å². The molecule has 4 nitrogen and oxygen atoms in total. The maximum Gasteiger partial charge on any atom is 0.162 e. The molecule has 6 heteroatoms. The lowest BCUT2D eigenvalue weighted by Gasteiger charge is -2.00. The quantitative estimate of drug-likeness (QED) is 0.340. The molecule has 0 aliphatic rings. The summed E-state index contributed by atoms with van der Waals surface area (Å²) in [4.78, 5) is 9.01. The van der Waals surface area contributed by atoms with Crippen molar-refractivity contribution >= 4 is 30.9 Å². The summed E-state index contributed by atoms with van der Waals surface area (Å²) in [6.45, 7) is 5.93. The van der Waals surface area contributed by atoms with Gasteiger partial charge in [-0.1, -0.05) is 60.7 Å². The Kier molecular flexibility index (Phi) is 13.9. The fourth-order valence-electron chi connectivity index (χ4n) is 2.45. The Bertz CT molecular complexity index is 631. The molecule has 2 aromatic rings. The highest BCUT2D eigenvalue weighted by atomic mass is 28.2. The molecule has 0 bridgehead atoms. The lowest BCUT2D eigenvalue weighted by Crippen LogP contribution is -1.99. The van der Waals surface area contributed by atoms with Gasteiger partial charge in [-0.3, -0.25) is 9.98 Å². The highest BCUT2D eigenvalue weighted by Crippen LogP contribution is 2.02. The van der Waals surface area contributed by atoms with Crippen LogP contribution in [0.25, 0.3) is 0 Å². The van der Waals surface area contributed by atoms with Crippen molar-refractivity contribution in [2.24, 2.45) is 9.98 Å². The number of hydrogen-bond donors (Lipinski definition) is 0. The Morgan fingerprint density at radius 2 is 1.04 bits per heavy atom. The zero-order valence-electron chi connectivity index (χ0n) is 17.7. The number of hydrogen-bond acceptors (Lipinski definition) is 4. The highest BCUT2D eigenvalue weighted by molar-refractivity contribution is 6.27. The van der Waals surface area contributed by atoms with Crippen LogP contribution in [0, 0.1) is 0 Å². The molecular weight excluding hydrogens is 380 g/mol. The first kappa shape index (κ1) is 24.2. The summed E-state index contributed by atoms with van der Waals surface area (Å²) < 4.78 is 10.2. The number of aliphatic imine (C=N–C) groups is 2. The summed E-state index contributed by atoms with van der Waals surface area (Å²) in [6.07, 6.45) is 0. The van der Waals surface area contributed by atoms with Gasteiger partial charge in [-0.05, 0) is 37.1 Å². The van der Waals surface area contributed by atoms with Crippen LogP contribution in [0.4, 0.5) is 0 Å². The molecule has 0 heterocycles. The fraction of sp³-hybridized carbons (Fsp3) is 0.364. The Morgan fingerprint density at radius 3 is 1.36 bits per heavy atom. The summed E-state index contributed by atoms with van der Waals surface area (Å²) in [5.41, 5.74) is 4.67. The minimum absolute atomic E-state index is 0.308. The van der Waals surface area contributed by atoms with Crippen LogP contribution in [0.5, 0.6) is 0 Å². The molecule has 2 aromatic carbocycles. The first-order chi connectivity index (χ1) is 13.7. The van der Waals surface area contributed by atoms with Crippen molar-refractivity contribution in [2.75, 3.05) is 27.3 Å². The zero-order chi connectivity index (χ0) is 20.5. The van der Waals surface area contributed by atoms with E-state index in [0.717, 1.165) is 36.6 Å². The molecule has 0 N–H and O–H groups in total. The Morgan fingerprint density at radius 1 is 0.679 bits per heavy atom. The smallest absolute Gasteiger partial charge is 0.162 e. The van der Waals surface area contributed by atoms with E-state index in [1.807, 2.05) is 36.4 Å². The maximum atomic E-state index is 5.10. The van der Waals surface area contributed by atoms with E-state index in [9.17, 15) is 0 Å². The first-order valence-corrected chi connectivity index (χ1v) is 12.9. The van der Waals surface area contributed by atoms with Gasteiger partial charge < -0.3 is 8.85 Å². The highest BCUT2D eigenvalue weighted by Gasteiger charge is 1.95. The molecule has 0 aliphatic heterocycles. The van der Waals surface area contributed by atoms with Crippen molar-refractivity contribution in [1.82, 2.24) is 0 Å². The van der Waals surface area contributed by atoms with Crippen LogP contribution < -0.4 is 0 Å². The van der Waals surface area contributed by atoms with E-state index in [0.29, 0.717) is 0 Å². The average molecular weight is 415 g/mol. The van der Waals surface area contributed by atoms with Gasteiger partial charge in [-0.2, -0.15) is 0 Å². The number of rotatable bonds is 10. The predicted octanol–water partition coefficient (Wildman–Crippen LogP) is 3.29. The standard InChI is InChI=1S/2C11H17NOSi/c2*1-10(12-8-9-14-13-2)11-6-4-3-5-7-11/h2*3-7H,8-9,14H2,1-2H3. The SMILES string of the molecule is CO[SiH2]CCN=C(C)c1ccccc1.CO[SiH2]CCN=C(C)c1ccccc1. The van der Waals surface area contributed by atoms with E-state index >= 15 is 0 Å². The minimum Gasteiger partial charge on any atom is -0.427 e. The van der Waals surface area contributed by atoms with E-state index in [2.05, 4.69) is 48.1 Å². The number of nitrogens with zero attached hydrogens (tertiary/aromatic N) is 2. The minimum atomic E-state index is -0.308. The number of benzene rings is 2. The second-order valence-electron chi connectivity index (χ2n) is 6.36. The Balaban J connectivity index is 0.000000280. The average Bonchev–Trinajstić information content (AvgIpc) is 2.76. The van der Waals surface area contributed by atoms with Crippen LogP contribution in [0.2, 0.25) is 12.1 Å². The van der Waals surface area contributed by atoms with Crippen LogP contribution >= 0.6 is 0 Å². The predicted molar refractivity (Wildman–Crippen MR) is 128 cm³/mol. The lowest BCUT2D eigenvalue weighted by molar-refractivity contribution is 0.441. The second kappa shape index (κ2) is 16.1. The molecule has 0 amide bonds. The third-order valence-corrected chi connectivity index (χ3v) is 6.12. The van der Waals surface area contributed by atoms with Gasteiger partial charge in [0.2, 0.25) is 0 Å². The van der Waals surface area contributed by atoms with Gasteiger partial charge >= 0.3 is 0 Å². The summed E-state index contributed by atoms with van der Waals surface area (Å²) >= 11 is 0. The molecule has 0 aliphatic carbocycles. The van der Waals surface area contributed by atoms with Crippen LogP contribution in [0.3, 0.4) is 0 Å². The lowest BCUT2D eigenvalue weighted by atomic mass is 10.1. The van der Waals surface area contributed by atoms with Gasteiger partial charge in [-0.25, -0.2) is 0 Å². The van der Waals surface area contributed by atoms with Crippen LogP contribution in [-0.4, -0.2) is 58.3 Å². The van der Waals surface area contributed by atoms with Gasteiger partial charge in [0.15, 0.2) is 19.5 Å². The first-order valence-electron chi connectivity index (χ1n) is 9.79. The molecule has 28 heavy (non-hydrogen) atoms. The van der Waals surface area contributed by atoms with E-state index in [-0.39, 0.29) is 19.5 Å². The van der Waals surface area contributed by atoms with E-state index in [1.54, 1.807) is 14.2 Å². The van der Waals surface area contributed by atoms with Crippen molar-refractivity contribution in [3.63, 3.8) is 0 Å². The van der Waals surface area contributed by atoms with Crippen LogP contribution in [0.1, 0.15) is 25.0 Å². The van der Waals surface area contributed by atoms with Crippen LogP contribution in [0.15, 0.2) is 70.6 Å². The molecular formula is C22H34N2O2Si2. The van der Waals surface area contributed by atoms with Gasteiger partial charge in [0.05, 0.1) is 0 Å². The van der Waals surface area contributed by atoms with Crippen LogP contribution in [-0.2, 0) is 8.85 Å². The van der Waals surface area contributed by atoms with Gasteiger partial charge in [-0.15, -0.1) is 0 Å². The van der Waals surface area contributed by atoms with Gasteiger partial charge in [0.1, 0.15) is 0 Å². The largest absolute Gasteiger partial charge is 0.427 e. The van der Waals surface area contributed by atoms with E-state index in [1.165, 1.54) is 11.1 Å². The Hall–Kier alpha value is -1.87. The molecule has 2 rings (SSSR count). The summed E-state index contributed by atoms with van der Waals surface area (Å²) in [6, 6.07) is 22.8. The van der Waals surface area contributed by atoms with Crippen molar-refractivity contribution < 1.29 is 8.85 Å². The zero-order valence-corrected chi connectivity index (χ0v) is 20.6. The van der Waals surface area contributed by atoms with Crippen molar-refractivity contribution in [3.8, 4) is 0 Å². The van der Waals surface area contributed by atoms with E-state index in [4.69, 9.17) is 8.85 Å². The molecule has 0 unspecified atom stereocenters. The molecule has 0 saturated heterocycles. The third kappa shape index (κ3) is 11.1. The monoisotopic (exact) mass is 414 g/mol. The summed E-state index contributed by atoms with van der Waals surface area (Å²) in [7, 11) is 2.94. The van der Waals surface area contributed by atoms with Crippen molar-refractivity contribution in [1.29, 1.82) is 0 Å².